The van der Waals surface area contributed by atoms with Gasteiger partial charge >= 0.3 is 0 Å². The van der Waals surface area contributed by atoms with Crippen molar-refractivity contribution in [3.8, 4) is 0 Å². The van der Waals surface area contributed by atoms with Crippen molar-refractivity contribution < 1.29 is 18.0 Å². The molecule has 0 aromatic heterocycles. The highest BCUT2D eigenvalue weighted by molar-refractivity contribution is 7.89. The van der Waals surface area contributed by atoms with E-state index < -0.39 is 10.0 Å². The Hall–Kier alpha value is -2.22. The lowest BCUT2D eigenvalue weighted by molar-refractivity contribution is -0.0258. The first-order chi connectivity index (χ1) is 13.3. The van der Waals surface area contributed by atoms with E-state index in [-0.39, 0.29) is 22.4 Å². The maximum atomic E-state index is 12.7. The third-order valence-corrected chi connectivity index (χ3v) is 6.89. The fourth-order valence-corrected chi connectivity index (χ4v) is 4.45. The minimum atomic E-state index is -3.80. The number of aryl methyl sites for hydroxylation is 2. The van der Waals surface area contributed by atoms with Crippen molar-refractivity contribution in [2.45, 2.75) is 43.5 Å². The lowest BCUT2D eigenvalue weighted by atomic mass is 9.89. The number of hydrogen-bond acceptors (Lipinski definition) is 4. The summed E-state index contributed by atoms with van der Waals surface area (Å²) in [6.45, 7) is 1.93. The highest BCUT2D eigenvalue weighted by Gasteiger charge is 2.22. The number of hydrogen-bond donors (Lipinski definition) is 1. The first-order valence-corrected chi connectivity index (χ1v) is 10.8. The summed E-state index contributed by atoms with van der Waals surface area (Å²) in [5.74, 6) is -0.317. The number of nitrogens with one attached hydrogen (secondary N) is 1. The molecule has 6 nitrogen and oxygen atoms in total. The van der Waals surface area contributed by atoms with Gasteiger partial charge < -0.3 is 5.32 Å². The third-order valence-electron chi connectivity index (χ3n) is 5.21. The topological polar surface area (TPSA) is 75.7 Å². The van der Waals surface area contributed by atoms with Gasteiger partial charge in [0.25, 0.3) is 15.9 Å². The monoisotopic (exact) mass is 402 g/mol. The van der Waals surface area contributed by atoms with Crippen LogP contribution in [0.2, 0.25) is 0 Å². The van der Waals surface area contributed by atoms with E-state index in [0.29, 0.717) is 0 Å². The van der Waals surface area contributed by atoms with Crippen molar-refractivity contribution in [3.05, 3.63) is 64.7 Å². The molecule has 0 saturated heterocycles. The van der Waals surface area contributed by atoms with Gasteiger partial charge in [-0.3, -0.25) is 9.63 Å². The minimum absolute atomic E-state index is 0.00549. The molecule has 0 radical (unpaired) electrons. The Morgan fingerprint density at radius 1 is 1.11 bits per heavy atom. The molecule has 0 heterocycles. The molecule has 28 heavy (non-hydrogen) atoms. The normalized spacial score (nSPS) is 15.1. The van der Waals surface area contributed by atoms with E-state index in [9.17, 15) is 13.2 Å². The lowest BCUT2D eigenvalue weighted by Crippen LogP contribution is -2.28. The first kappa shape index (κ1) is 20.5. The van der Waals surface area contributed by atoms with Gasteiger partial charge in [-0.25, -0.2) is 8.42 Å². The van der Waals surface area contributed by atoms with Gasteiger partial charge in [0.05, 0.1) is 18.0 Å². The minimum Gasteiger partial charge on any atom is -0.346 e. The zero-order valence-corrected chi connectivity index (χ0v) is 17.3. The number of nitrogens with zero attached hydrogens (tertiary/aromatic N) is 1. The van der Waals surface area contributed by atoms with Crippen LogP contribution in [0, 0.1) is 0 Å². The standard InChI is InChI=1S/C21H26N2O4S/c1-15(17-12-11-16-7-4-5-8-18(16)13-17)22-21(24)19-9-6-10-20(14-19)28(25,26)23(2)27-3/h6,9-15H,4-5,7-8H2,1-3H3,(H,22,24)/t15-/m0/s1. The second-order valence-corrected chi connectivity index (χ2v) is 8.99. The van der Waals surface area contributed by atoms with Crippen molar-refractivity contribution in [1.29, 1.82) is 0 Å². The van der Waals surface area contributed by atoms with E-state index in [1.807, 2.05) is 6.92 Å². The smallest absolute Gasteiger partial charge is 0.264 e. The molecule has 3 rings (SSSR count). The number of hydroxylamine groups is 1. The first-order valence-electron chi connectivity index (χ1n) is 9.38. The Morgan fingerprint density at radius 3 is 2.54 bits per heavy atom. The van der Waals surface area contributed by atoms with Crippen LogP contribution in [0.15, 0.2) is 47.4 Å². The van der Waals surface area contributed by atoms with Crippen molar-refractivity contribution in [2.75, 3.05) is 14.2 Å². The molecule has 150 valence electrons. The maximum Gasteiger partial charge on any atom is 0.264 e. The van der Waals surface area contributed by atoms with Crippen molar-refractivity contribution >= 4 is 15.9 Å². The van der Waals surface area contributed by atoms with Crippen LogP contribution in [0.4, 0.5) is 0 Å². The number of amides is 1. The number of rotatable bonds is 6. The van der Waals surface area contributed by atoms with Gasteiger partial charge in [0, 0.05) is 12.6 Å². The summed E-state index contributed by atoms with van der Waals surface area (Å²) in [4.78, 5) is 17.5. The van der Waals surface area contributed by atoms with Crippen LogP contribution in [0.1, 0.15) is 52.9 Å². The van der Waals surface area contributed by atoms with E-state index in [4.69, 9.17) is 4.84 Å². The summed E-state index contributed by atoms with van der Waals surface area (Å²) in [5.41, 5.74) is 4.10. The molecule has 0 fully saturated rings. The molecule has 7 heteroatoms. The number of benzene rings is 2. The van der Waals surface area contributed by atoms with Crippen LogP contribution in [0.3, 0.4) is 0 Å². The van der Waals surface area contributed by atoms with E-state index >= 15 is 0 Å². The molecule has 1 atom stereocenters. The van der Waals surface area contributed by atoms with Crippen LogP contribution in [-0.2, 0) is 27.7 Å². The summed E-state index contributed by atoms with van der Waals surface area (Å²) >= 11 is 0. The molecule has 0 aliphatic heterocycles. The van der Waals surface area contributed by atoms with Gasteiger partial charge in [0.15, 0.2) is 0 Å². The SMILES string of the molecule is CON(C)S(=O)(=O)c1cccc(C(=O)N[C@@H](C)c2ccc3c(c2)CCCC3)c1. The highest BCUT2D eigenvalue weighted by atomic mass is 32.2. The third kappa shape index (κ3) is 4.27. The van der Waals surface area contributed by atoms with Gasteiger partial charge in [0.1, 0.15) is 0 Å². The highest BCUT2D eigenvalue weighted by Crippen LogP contribution is 2.25. The molecule has 0 unspecified atom stereocenters. The lowest BCUT2D eigenvalue weighted by Gasteiger charge is -2.20. The molecule has 1 aliphatic carbocycles. The van der Waals surface area contributed by atoms with Gasteiger partial charge in [-0.15, -0.1) is 0 Å². The molecule has 2 aromatic rings. The van der Waals surface area contributed by atoms with Gasteiger partial charge in [-0.1, -0.05) is 28.7 Å². The fraction of sp³-hybridized carbons (Fsp3) is 0.381. The Bertz CT molecular complexity index is 972. The summed E-state index contributed by atoms with van der Waals surface area (Å²) in [7, 11) is -1.23. The molecule has 0 spiro atoms. The van der Waals surface area contributed by atoms with E-state index in [1.165, 1.54) is 50.3 Å². The maximum absolute atomic E-state index is 12.7. The summed E-state index contributed by atoms with van der Waals surface area (Å²) < 4.78 is 25.5. The molecule has 0 saturated carbocycles. The molecular formula is C21H26N2O4S. The van der Waals surface area contributed by atoms with Gasteiger partial charge in [-0.2, -0.15) is 0 Å². The van der Waals surface area contributed by atoms with Crippen LogP contribution >= 0.6 is 0 Å². The second-order valence-electron chi connectivity index (χ2n) is 7.06. The van der Waals surface area contributed by atoms with E-state index in [2.05, 4.69) is 23.5 Å². The summed E-state index contributed by atoms with van der Waals surface area (Å²) in [6.07, 6.45) is 4.63. The quantitative estimate of drug-likeness (QED) is 0.753. The number of carbonyl (C=O) groups is 1. The average molecular weight is 403 g/mol. The average Bonchev–Trinajstić information content (AvgIpc) is 2.72. The predicted molar refractivity (Wildman–Crippen MR) is 107 cm³/mol. The Kier molecular flexibility index (Phi) is 6.17. The Morgan fingerprint density at radius 2 is 1.82 bits per heavy atom. The number of carbonyl (C=O) groups excluding carboxylic acids is 1. The number of sulfonamides is 1. The number of fused-ring (bicyclic) bond motifs is 1. The van der Waals surface area contributed by atoms with Crippen LogP contribution in [-0.4, -0.2) is 33.0 Å². The van der Waals surface area contributed by atoms with Crippen molar-refractivity contribution in [2.24, 2.45) is 0 Å². The fourth-order valence-electron chi connectivity index (χ4n) is 3.43. The summed E-state index contributed by atoms with van der Waals surface area (Å²) in [6, 6.07) is 12.2. The molecule has 1 N–H and O–H groups in total. The Balaban J connectivity index is 1.77. The van der Waals surface area contributed by atoms with Gasteiger partial charge in [0.2, 0.25) is 0 Å². The van der Waals surface area contributed by atoms with Gasteiger partial charge in [-0.05, 0) is 67.5 Å². The largest absolute Gasteiger partial charge is 0.346 e. The van der Waals surface area contributed by atoms with Crippen LogP contribution in [0.25, 0.3) is 0 Å². The zero-order valence-electron chi connectivity index (χ0n) is 16.4. The molecule has 2 aromatic carbocycles. The van der Waals surface area contributed by atoms with E-state index in [0.717, 1.165) is 22.9 Å². The zero-order chi connectivity index (χ0) is 20.3. The van der Waals surface area contributed by atoms with Crippen LogP contribution < -0.4 is 5.32 Å². The molecule has 1 amide bonds. The van der Waals surface area contributed by atoms with Crippen molar-refractivity contribution in [1.82, 2.24) is 9.79 Å². The predicted octanol–water partition coefficient (Wildman–Crippen LogP) is 3.24. The second kappa shape index (κ2) is 8.43. The van der Waals surface area contributed by atoms with E-state index in [1.54, 1.807) is 12.1 Å². The molecule has 1 aliphatic rings. The molecule has 0 bridgehead atoms. The van der Waals surface area contributed by atoms with Crippen molar-refractivity contribution in [3.63, 3.8) is 0 Å². The Labute approximate surface area is 166 Å². The summed E-state index contributed by atoms with van der Waals surface area (Å²) in [5, 5.41) is 2.96. The molecular weight excluding hydrogens is 376 g/mol. The van der Waals surface area contributed by atoms with Crippen LogP contribution in [0.5, 0.6) is 0 Å².